The van der Waals surface area contributed by atoms with Crippen LogP contribution in [0.3, 0.4) is 0 Å². The van der Waals surface area contributed by atoms with Crippen LogP contribution in [0.5, 0.6) is 0 Å². The quantitative estimate of drug-likeness (QED) is 0.591. The topological polar surface area (TPSA) is 45.6 Å². The minimum atomic E-state index is 1.03. The maximum atomic E-state index is 4.25. The summed E-state index contributed by atoms with van der Waals surface area (Å²) in [5.41, 5.74) is 4.29. The zero-order valence-corrected chi connectivity index (χ0v) is 11.3. The standard InChI is InChI=1S/C17H14N4/c1-3-14(12-16(4-1)21-10-2-8-19-21)20-15-5-6-17-13(11-15)7-9-18-17/h1-12,18,20H. The first-order valence-electron chi connectivity index (χ1n) is 6.83. The third-order valence-electron chi connectivity index (χ3n) is 3.46. The van der Waals surface area contributed by atoms with Crippen molar-refractivity contribution < 1.29 is 0 Å². The first-order valence-corrected chi connectivity index (χ1v) is 6.83. The minimum Gasteiger partial charge on any atom is -0.361 e. The van der Waals surface area contributed by atoms with Crippen molar-refractivity contribution in [3.63, 3.8) is 0 Å². The highest BCUT2D eigenvalue weighted by atomic mass is 15.3. The molecule has 0 bridgehead atoms. The van der Waals surface area contributed by atoms with Gasteiger partial charge in [-0.15, -0.1) is 0 Å². The molecule has 0 atom stereocenters. The Morgan fingerprint density at radius 2 is 1.90 bits per heavy atom. The predicted molar refractivity (Wildman–Crippen MR) is 85.1 cm³/mol. The fourth-order valence-corrected chi connectivity index (χ4v) is 2.45. The second-order valence-electron chi connectivity index (χ2n) is 4.91. The number of H-pyrrole nitrogens is 1. The summed E-state index contributed by atoms with van der Waals surface area (Å²) in [5, 5.41) is 8.88. The lowest BCUT2D eigenvalue weighted by Crippen LogP contribution is -1.96. The molecule has 0 saturated carbocycles. The molecule has 0 aliphatic rings. The Kier molecular flexibility index (Phi) is 2.71. The molecule has 0 radical (unpaired) electrons. The van der Waals surface area contributed by atoms with E-state index in [0.29, 0.717) is 0 Å². The Morgan fingerprint density at radius 3 is 2.81 bits per heavy atom. The first kappa shape index (κ1) is 11.8. The molecule has 0 saturated heterocycles. The van der Waals surface area contributed by atoms with E-state index in [4.69, 9.17) is 0 Å². The number of rotatable bonds is 3. The number of hydrogen-bond donors (Lipinski definition) is 2. The van der Waals surface area contributed by atoms with E-state index in [-0.39, 0.29) is 0 Å². The van der Waals surface area contributed by atoms with E-state index in [0.717, 1.165) is 22.6 Å². The second-order valence-corrected chi connectivity index (χ2v) is 4.91. The monoisotopic (exact) mass is 274 g/mol. The summed E-state index contributed by atoms with van der Waals surface area (Å²) in [6, 6.07) is 18.5. The lowest BCUT2D eigenvalue weighted by molar-refractivity contribution is 0.881. The minimum absolute atomic E-state index is 1.03. The molecule has 0 spiro atoms. The van der Waals surface area contributed by atoms with Crippen LogP contribution in [-0.2, 0) is 0 Å². The molecule has 0 amide bonds. The molecular weight excluding hydrogens is 260 g/mol. The molecular formula is C17H14N4. The average molecular weight is 274 g/mol. The molecule has 2 aromatic heterocycles. The Hall–Kier alpha value is -3.01. The van der Waals surface area contributed by atoms with Gasteiger partial charge in [-0.3, -0.25) is 0 Å². The molecule has 2 heterocycles. The highest BCUT2D eigenvalue weighted by Crippen LogP contribution is 2.23. The van der Waals surface area contributed by atoms with Crippen LogP contribution in [0, 0.1) is 0 Å². The molecule has 0 aliphatic heterocycles. The van der Waals surface area contributed by atoms with E-state index in [2.05, 4.69) is 45.7 Å². The van der Waals surface area contributed by atoms with E-state index in [9.17, 15) is 0 Å². The van der Waals surface area contributed by atoms with Gasteiger partial charge in [-0.1, -0.05) is 6.07 Å². The number of nitrogens with one attached hydrogen (secondary N) is 2. The van der Waals surface area contributed by atoms with Gasteiger partial charge in [-0.2, -0.15) is 5.10 Å². The molecule has 4 aromatic rings. The van der Waals surface area contributed by atoms with Gasteiger partial charge < -0.3 is 10.3 Å². The highest BCUT2D eigenvalue weighted by molar-refractivity contribution is 5.84. The van der Waals surface area contributed by atoms with E-state index in [1.165, 1.54) is 5.39 Å². The fourth-order valence-electron chi connectivity index (χ4n) is 2.45. The van der Waals surface area contributed by atoms with E-state index >= 15 is 0 Å². The molecule has 2 N–H and O–H groups in total. The molecule has 21 heavy (non-hydrogen) atoms. The van der Waals surface area contributed by atoms with Gasteiger partial charge in [0.25, 0.3) is 0 Å². The van der Waals surface area contributed by atoms with Crippen molar-refractivity contribution >= 4 is 22.3 Å². The van der Waals surface area contributed by atoms with E-state index in [1.807, 2.05) is 41.3 Å². The zero-order chi connectivity index (χ0) is 14.1. The lowest BCUT2D eigenvalue weighted by atomic mass is 10.2. The molecule has 4 rings (SSSR count). The van der Waals surface area contributed by atoms with Gasteiger partial charge >= 0.3 is 0 Å². The summed E-state index contributed by atoms with van der Waals surface area (Å²) in [6.07, 6.45) is 5.66. The maximum Gasteiger partial charge on any atom is 0.0666 e. The number of hydrogen-bond acceptors (Lipinski definition) is 2. The van der Waals surface area contributed by atoms with Crippen molar-refractivity contribution in [2.75, 3.05) is 5.32 Å². The zero-order valence-electron chi connectivity index (χ0n) is 11.3. The molecule has 4 nitrogen and oxygen atoms in total. The average Bonchev–Trinajstić information content (AvgIpc) is 3.18. The van der Waals surface area contributed by atoms with Crippen LogP contribution in [0.2, 0.25) is 0 Å². The summed E-state index contributed by atoms with van der Waals surface area (Å²) in [7, 11) is 0. The van der Waals surface area contributed by atoms with Crippen LogP contribution < -0.4 is 5.32 Å². The Morgan fingerprint density at radius 1 is 0.952 bits per heavy atom. The van der Waals surface area contributed by atoms with Crippen LogP contribution >= 0.6 is 0 Å². The Balaban J connectivity index is 1.66. The van der Waals surface area contributed by atoms with Gasteiger partial charge in [0.15, 0.2) is 0 Å². The van der Waals surface area contributed by atoms with Crippen LogP contribution in [0.15, 0.2) is 73.2 Å². The summed E-state index contributed by atoms with van der Waals surface area (Å²) >= 11 is 0. The van der Waals surface area contributed by atoms with E-state index < -0.39 is 0 Å². The summed E-state index contributed by atoms with van der Waals surface area (Å²) in [5.74, 6) is 0. The molecule has 2 aromatic carbocycles. The fraction of sp³-hybridized carbons (Fsp3) is 0. The Labute approximate surface area is 122 Å². The van der Waals surface area contributed by atoms with Gasteiger partial charge in [0.1, 0.15) is 0 Å². The van der Waals surface area contributed by atoms with Crippen molar-refractivity contribution in [2.24, 2.45) is 0 Å². The Bertz CT molecular complexity index is 875. The SMILES string of the molecule is c1cc(Nc2ccc3[nH]ccc3c2)cc(-n2cccn2)c1. The normalized spacial score (nSPS) is 10.9. The molecule has 102 valence electrons. The molecule has 0 unspecified atom stereocenters. The van der Waals surface area contributed by atoms with Crippen molar-refractivity contribution in [1.29, 1.82) is 0 Å². The van der Waals surface area contributed by atoms with Crippen LogP contribution in [-0.4, -0.2) is 14.8 Å². The number of benzene rings is 2. The summed E-state index contributed by atoms with van der Waals surface area (Å²) < 4.78 is 1.85. The smallest absolute Gasteiger partial charge is 0.0666 e. The van der Waals surface area contributed by atoms with Gasteiger partial charge in [-0.25, -0.2) is 4.68 Å². The predicted octanol–water partition coefficient (Wildman–Crippen LogP) is 4.10. The summed E-state index contributed by atoms with van der Waals surface area (Å²) in [4.78, 5) is 3.20. The lowest BCUT2D eigenvalue weighted by Gasteiger charge is -2.09. The van der Waals surface area contributed by atoms with Crippen molar-refractivity contribution in [1.82, 2.24) is 14.8 Å². The first-order chi connectivity index (χ1) is 10.4. The number of aromatic amines is 1. The number of aromatic nitrogens is 3. The van der Waals surface area contributed by atoms with Crippen molar-refractivity contribution in [3.05, 3.63) is 73.2 Å². The summed E-state index contributed by atoms with van der Waals surface area (Å²) in [6.45, 7) is 0. The van der Waals surface area contributed by atoms with Crippen molar-refractivity contribution in [3.8, 4) is 5.69 Å². The largest absolute Gasteiger partial charge is 0.361 e. The van der Waals surface area contributed by atoms with Gasteiger partial charge in [0.05, 0.1) is 5.69 Å². The number of nitrogens with zero attached hydrogens (tertiary/aromatic N) is 2. The van der Waals surface area contributed by atoms with Crippen LogP contribution in [0.1, 0.15) is 0 Å². The van der Waals surface area contributed by atoms with E-state index in [1.54, 1.807) is 6.20 Å². The molecule has 4 heteroatoms. The second kappa shape index (κ2) is 4.83. The van der Waals surface area contributed by atoms with Gasteiger partial charge in [-0.05, 0) is 48.5 Å². The molecule has 0 aliphatic carbocycles. The van der Waals surface area contributed by atoms with Crippen LogP contribution in [0.25, 0.3) is 16.6 Å². The van der Waals surface area contributed by atoms with Crippen molar-refractivity contribution in [2.45, 2.75) is 0 Å². The number of anilines is 2. The highest BCUT2D eigenvalue weighted by Gasteiger charge is 2.01. The third-order valence-corrected chi connectivity index (χ3v) is 3.46. The molecule has 0 fully saturated rings. The third kappa shape index (κ3) is 2.27. The van der Waals surface area contributed by atoms with Gasteiger partial charge in [0.2, 0.25) is 0 Å². The maximum absolute atomic E-state index is 4.25. The number of fused-ring (bicyclic) bond motifs is 1. The van der Waals surface area contributed by atoms with Crippen LogP contribution in [0.4, 0.5) is 11.4 Å². The van der Waals surface area contributed by atoms with Gasteiger partial charge in [0, 0.05) is 40.9 Å².